The molecule has 11 heteroatoms. The molecule has 0 aliphatic carbocycles. The first-order chi connectivity index (χ1) is 21.8. The monoisotopic (exact) mass is 622 g/mol. The van der Waals surface area contributed by atoms with Gasteiger partial charge in [0, 0.05) is 26.1 Å². The Labute approximate surface area is 267 Å². The van der Waals surface area contributed by atoms with Gasteiger partial charge in [-0.3, -0.25) is 19.2 Å². The Balaban J connectivity index is 1.70. The van der Waals surface area contributed by atoms with Crippen molar-refractivity contribution in [1.29, 1.82) is 0 Å². The van der Waals surface area contributed by atoms with Crippen molar-refractivity contribution in [3.63, 3.8) is 0 Å². The van der Waals surface area contributed by atoms with Gasteiger partial charge < -0.3 is 36.6 Å². The van der Waals surface area contributed by atoms with Gasteiger partial charge in [0.25, 0.3) is 0 Å². The molecule has 0 radical (unpaired) electrons. The highest BCUT2D eigenvalue weighted by Crippen LogP contribution is 2.12. The van der Waals surface area contributed by atoms with Gasteiger partial charge in [-0.2, -0.15) is 0 Å². The Morgan fingerprint density at radius 3 is 2.02 bits per heavy atom. The molecule has 246 valence electrons. The van der Waals surface area contributed by atoms with E-state index >= 15 is 0 Å². The van der Waals surface area contributed by atoms with E-state index < -0.39 is 29.9 Å². The molecule has 0 saturated carbocycles. The van der Waals surface area contributed by atoms with E-state index in [0.717, 1.165) is 17.5 Å². The molecule has 1 fully saturated rings. The number of rotatable bonds is 18. The van der Waals surface area contributed by atoms with Crippen molar-refractivity contribution < 1.29 is 23.9 Å². The number of benzene rings is 2. The van der Waals surface area contributed by atoms with Gasteiger partial charge in [0.1, 0.15) is 18.1 Å². The van der Waals surface area contributed by atoms with Crippen molar-refractivity contribution >= 4 is 23.6 Å². The second kappa shape index (κ2) is 19.6. The topological polar surface area (TPSA) is 155 Å². The van der Waals surface area contributed by atoms with Crippen LogP contribution in [0.4, 0.5) is 0 Å². The number of nitrogens with one attached hydrogen (secondary N) is 4. The van der Waals surface area contributed by atoms with Crippen molar-refractivity contribution in [2.24, 2.45) is 11.7 Å². The van der Waals surface area contributed by atoms with E-state index in [4.69, 9.17) is 10.5 Å². The Morgan fingerprint density at radius 1 is 0.800 bits per heavy atom. The zero-order valence-corrected chi connectivity index (χ0v) is 26.6. The summed E-state index contributed by atoms with van der Waals surface area (Å²) >= 11 is 0. The maximum Gasteiger partial charge on any atom is 0.245 e. The minimum atomic E-state index is -0.906. The van der Waals surface area contributed by atoms with Crippen LogP contribution < -0.4 is 27.0 Å². The van der Waals surface area contributed by atoms with Crippen LogP contribution in [0.1, 0.15) is 50.7 Å². The highest BCUT2D eigenvalue weighted by molar-refractivity contribution is 5.94. The number of nitrogens with two attached hydrogens (primary N) is 1. The number of morpholine rings is 1. The second-order valence-electron chi connectivity index (χ2n) is 11.9. The molecular weight excluding hydrogens is 572 g/mol. The number of carbonyl (C=O) groups is 4. The molecular formula is C34H50N6O5. The molecule has 45 heavy (non-hydrogen) atoms. The molecule has 4 amide bonds. The minimum absolute atomic E-state index is 0.0253. The summed E-state index contributed by atoms with van der Waals surface area (Å²) in [7, 11) is 0. The molecule has 0 unspecified atom stereocenters. The van der Waals surface area contributed by atoms with Gasteiger partial charge in [0.2, 0.25) is 23.6 Å². The number of nitrogens with zero attached hydrogens (tertiary/aromatic N) is 1. The van der Waals surface area contributed by atoms with Gasteiger partial charge in [-0.05, 0) is 49.3 Å². The van der Waals surface area contributed by atoms with Crippen LogP contribution in [0, 0.1) is 5.92 Å². The molecule has 0 bridgehead atoms. The van der Waals surface area contributed by atoms with Gasteiger partial charge in [-0.1, -0.05) is 74.5 Å². The van der Waals surface area contributed by atoms with Crippen molar-refractivity contribution in [3.8, 4) is 0 Å². The molecule has 2 aromatic carbocycles. The number of amides is 4. The van der Waals surface area contributed by atoms with Gasteiger partial charge in [0.05, 0.1) is 19.8 Å². The maximum absolute atomic E-state index is 13.7. The standard InChI is InChI=1S/C34H50N6O5/c1-25(2)21-29(32(42)38-28(15-9-10-16-35)34(44)40-17-19-45-20-18-40)39-33(43)30(22-26-11-5-3-6-12-26)37-31(41)24-36-23-27-13-7-4-8-14-27/h3-8,11-14,25,28-30,36H,9-10,15-24,35H2,1-2H3,(H,37,41)(H,38,42)(H,39,43)/t28-,29-,30-/m1/s1. The summed E-state index contributed by atoms with van der Waals surface area (Å²) in [5.41, 5.74) is 7.60. The van der Waals surface area contributed by atoms with Crippen LogP contribution in [0.2, 0.25) is 0 Å². The summed E-state index contributed by atoms with van der Waals surface area (Å²) in [6.45, 7) is 6.80. The average Bonchev–Trinajstić information content (AvgIpc) is 3.04. The van der Waals surface area contributed by atoms with E-state index in [9.17, 15) is 19.2 Å². The Kier molecular flexibility index (Phi) is 15.5. The average molecular weight is 623 g/mol. The molecule has 1 aliphatic rings. The van der Waals surface area contributed by atoms with Crippen LogP contribution in [0.5, 0.6) is 0 Å². The lowest BCUT2D eigenvalue weighted by Crippen LogP contribution is -2.58. The molecule has 3 rings (SSSR count). The molecule has 1 heterocycles. The number of carbonyl (C=O) groups excluding carboxylic acids is 4. The fourth-order valence-electron chi connectivity index (χ4n) is 5.22. The number of ether oxygens (including phenoxy) is 1. The molecule has 3 atom stereocenters. The van der Waals surface area contributed by atoms with Crippen LogP contribution in [0.25, 0.3) is 0 Å². The smallest absolute Gasteiger partial charge is 0.245 e. The lowest BCUT2D eigenvalue weighted by Gasteiger charge is -2.32. The van der Waals surface area contributed by atoms with E-state index in [0.29, 0.717) is 58.7 Å². The lowest BCUT2D eigenvalue weighted by atomic mass is 10.00. The van der Waals surface area contributed by atoms with Gasteiger partial charge in [0.15, 0.2) is 0 Å². The maximum atomic E-state index is 13.7. The van der Waals surface area contributed by atoms with Crippen molar-refractivity contribution in [3.05, 3.63) is 71.8 Å². The number of hydrogen-bond donors (Lipinski definition) is 5. The first-order valence-electron chi connectivity index (χ1n) is 16.0. The highest BCUT2D eigenvalue weighted by Gasteiger charge is 2.32. The SMILES string of the molecule is CC(C)C[C@@H](NC(=O)[C@@H](Cc1ccccc1)NC(=O)CNCc1ccccc1)C(=O)N[C@H](CCCCN)C(=O)N1CCOCC1. The third kappa shape index (κ3) is 13.0. The minimum Gasteiger partial charge on any atom is -0.378 e. The molecule has 0 aromatic heterocycles. The quantitative estimate of drug-likeness (QED) is 0.158. The van der Waals surface area contributed by atoms with E-state index in [1.807, 2.05) is 74.5 Å². The summed E-state index contributed by atoms with van der Waals surface area (Å²) in [6, 6.07) is 16.6. The summed E-state index contributed by atoms with van der Waals surface area (Å²) < 4.78 is 5.39. The second-order valence-corrected chi connectivity index (χ2v) is 11.9. The highest BCUT2D eigenvalue weighted by atomic mass is 16.5. The molecule has 1 aliphatic heterocycles. The first-order valence-corrected chi connectivity index (χ1v) is 16.0. The van der Waals surface area contributed by atoms with Gasteiger partial charge in [-0.25, -0.2) is 0 Å². The van der Waals surface area contributed by atoms with Crippen molar-refractivity contribution in [1.82, 2.24) is 26.2 Å². The zero-order valence-electron chi connectivity index (χ0n) is 26.6. The summed E-state index contributed by atoms with van der Waals surface area (Å²) in [5, 5.41) is 11.8. The van der Waals surface area contributed by atoms with Gasteiger partial charge in [-0.15, -0.1) is 0 Å². The molecule has 1 saturated heterocycles. The van der Waals surface area contributed by atoms with Crippen LogP contribution >= 0.6 is 0 Å². The number of unbranched alkanes of at least 4 members (excludes halogenated alkanes) is 1. The van der Waals surface area contributed by atoms with E-state index in [-0.39, 0.29) is 30.7 Å². The largest absolute Gasteiger partial charge is 0.378 e. The summed E-state index contributed by atoms with van der Waals surface area (Å²) in [5.74, 6) is -1.30. The first kappa shape index (κ1) is 35.7. The lowest BCUT2D eigenvalue weighted by molar-refractivity contribution is -0.141. The summed E-state index contributed by atoms with van der Waals surface area (Å²) in [4.78, 5) is 55.4. The zero-order chi connectivity index (χ0) is 32.4. The predicted octanol–water partition coefficient (Wildman–Crippen LogP) is 1.51. The van der Waals surface area contributed by atoms with E-state index in [1.165, 1.54) is 0 Å². The third-order valence-corrected chi connectivity index (χ3v) is 7.62. The molecule has 2 aromatic rings. The van der Waals surface area contributed by atoms with Crippen LogP contribution in [0.15, 0.2) is 60.7 Å². The van der Waals surface area contributed by atoms with Gasteiger partial charge >= 0.3 is 0 Å². The van der Waals surface area contributed by atoms with Crippen LogP contribution in [0.3, 0.4) is 0 Å². The fourth-order valence-corrected chi connectivity index (χ4v) is 5.22. The normalized spacial score (nSPS) is 15.2. The Hall–Kier alpha value is -3.80. The van der Waals surface area contributed by atoms with Crippen LogP contribution in [-0.2, 0) is 36.9 Å². The molecule has 0 spiro atoms. The summed E-state index contributed by atoms with van der Waals surface area (Å²) in [6.07, 6.45) is 2.48. The molecule has 11 nitrogen and oxygen atoms in total. The Bertz CT molecular complexity index is 1190. The number of hydrogen-bond acceptors (Lipinski definition) is 7. The van der Waals surface area contributed by atoms with Crippen molar-refractivity contribution in [2.75, 3.05) is 39.4 Å². The van der Waals surface area contributed by atoms with E-state index in [2.05, 4.69) is 21.3 Å². The van der Waals surface area contributed by atoms with Crippen molar-refractivity contribution in [2.45, 2.75) is 70.6 Å². The fraction of sp³-hybridized carbons (Fsp3) is 0.529. The Morgan fingerprint density at radius 2 is 1.40 bits per heavy atom. The molecule has 6 N–H and O–H groups in total. The van der Waals surface area contributed by atoms with Crippen LogP contribution in [-0.4, -0.2) is 86.0 Å². The van der Waals surface area contributed by atoms with E-state index in [1.54, 1.807) is 4.90 Å². The third-order valence-electron chi connectivity index (χ3n) is 7.62. The predicted molar refractivity (Wildman–Crippen MR) is 174 cm³/mol.